The van der Waals surface area contributed by atoms with E-state index in [4.69, 9.17) is 17.3 Å². The standard InChI is InChI=1S/C27H40ClF3N2O/c1-5-7-20(15-21-8-6-12-33(4)13-11-21)10-9-18(2)26(34)19(3)14-22-16-23(27(29,30)31)25(32)24(28)17-22/h16-17,19-21H,2,5-15,32H2,1,3-4H3/t19-,20?,21?/m1/s1. The van der Waals surface area contributed by atoms with Gasteiger partial charge in [0.2, 0.25) is 0 Å². The van der Waals surface area contributed by atoms with E-state index in [1.807, 2.05) is 0 Å². The number of nitrogen functional groups attached to an aromatic ring is 1. The summed E-state index contributed by atoms with van der Waals surface area (Å²) < 4.78 is 39.8. The quantitative estimate of drug-likeness (QED) is 0.252. The molecule has 2 N–H and O–H groups in total. The molecule has 1 fully saturated rings. The number of hydrogen-bond acceptors (Lipinski definition) is 3. The van der Waals surface area contributed by atoms with E-state index >= 15 is 0 Å². The molecule has 1 aromatic carbocycles. The highest BCUT2D eigenvalue weighted by Crippen LogP contribution is 2.38. The lowest BCUT2D eigenvalue weighted by Crippen LogP contribution is -2.19. The van der Waals surface area contributed by atoms with E-state index in [2.05, 4.69) is 25.5 Å². The molecule has 0 aromatic heterocycles. The van der Waals surface area contributed by atoms with Crippen LogP contribution in [-0.4, -0.2) is 30.8 Å². The highest BCUT2D eigenvalue weighted by molar-refractivity contribution is 6.33. The molecular weight excluding hydrogens is 461 g/mol. The summed E-state index contributed by atoms with van der Waals surface area (Å²) >= 11 is 5.93. The van der Waals surface area contributed by atoms with Crippen molar-refractivity contribution >= 4 is 23.1 Å². The lowest BCUT2D eigenvalue weighted by Gasteiger charge is -2.23. The molecule has 34 heavy (non-hydrogen) atoms. The van der Waals surface area contributed by atoms with Gasteiger partial charge in [0.1, 0.15) is 0 Å². The first-order chi connectivity index (χ1) is 15.9. The fourth-order valence-electron chi connectivity index (χ4n) is 5.13. The SMILES string of the molecule is C=C(CCC(CCC)CC1CCCN(C)CC1)C(=O)[C@H](C)Cc1cc(Cl)c(N)c(C(F)(F)F)c1. The molecule has 1 aliphatic rings. The zero-order valence-corrected chi connectivity index (χ0v) is 21.6. The molecule has 7 heteroatoms. The summed E-state index contributed by atoms with van der Waals surface area (Å²) in [6, 6.07) is 2.41. The average molecular weight is 501 g/mol. The van der Waals surface area contributed by atoms with Crippen LogP contribution < -0.4 is 5.73 Å². The number of alkyl halides is 3. The molecular formula is C27H40ClF3N2O. The van der Waals surface area contributed by atoms with Gasteiger partial charge in [0.25, 0.3) is 0 Å². The minimum Gasteiger partial charge on any atom is -0.397 e. The lowest BCUT2D eigenvalue weighted by atomic mass is 9.82. The van der Waals surface area contributed by atoms with E-state index in [9.17, 15) is 18.0 Å². The van der Waals surface area contributed by atoms with Gasteiger partial charge in [-0.25, -0.2) is 0 Å². The van der Waals surface area contributed by atoms with Crippen LogP contribution in [0.25, 0.3) is 0 Å². The Kier molecular flexibility index (Phi) is 10.9. The smallest absolute Gasteiger partial charge is 0.397 e. The van der Waals surface area contributed by atoms with Crippen molar-refractivity contribution in [3.8, 4) is 0 Å². The summed E-state index contributed by atoms with van der Waals surface area (Å²) in [5.41, 5.74) is 4.99. The number of nitrogens with two attached hydrogens (primary N) is 1. The number of rotatable bonds is 11. The Morgan fingerprint density at radius 1 is 1.26 bits per heavy atom. The highest BCUT2D eigenvalue weighted by Gasteiger charge is 2.34. The molecule has 192 valence electrons. The summed E-state index contributed by atoms with van der Waals surface area (Å²) in [5.74, 6) is 0.745. The first-order valence-corrected chi connectivity index (χ1v) is 12.9. The zero-order chi connectivity index (χ0) is 25.5. The Morgan fingerprint density at radius 2 is 1.97 bits per heavy atom. The van der Waals surface area contributed by atoms with Gasteiger partial charge in [0.05, 0.1) is 16.3 Å². The second-order valence-corrected chi connectivity index (χ2v) is 10.5. The summed E-state index contributed by atoms with van der Waals surface area (Å²) in [6.45, 7) is 10.3. The van der Waals surface area contributed by atoms with Crippen LogP contribution in [0, 0.1) is 17.8 Å². The number of carbonyl (C=O) groups excluding carboxylic acids is 1. The van der Waals surface area contributed by atoms with Gasteiger partial charge in [-0.3, -0.25) is 4.79 Å². The van der Waals surface area contributed by atoms with Crippen molar-refractivity contribution in [2.45, 2.75) is 77.8 Å². The first-order valence-electron chi connectivity index (χ1n) is 12.5. The number of hydrogen-bond donors (Lipinski definition) is 1. The fourth-order valence-corrected chi connectivity index (χ4v) is 5.37. The Hall–Kier alpha value is -1.53. The summed E-state index contributed by atoms with van der Waals surface area (Å²) in [4.78, 5) is 15.3. The number of carbonyl (C=O) groups is 1. The van der Waals surface area contributed by atoms with Gasteiger partial charge < -0.3 is 10.6 Å². The van der Waals surface area contributed by atoms with E-state index in [0.717, 1.165) is 37.8 Å². The van der Waals surface area contributed by atoms with Crippen LogP contribution in [0.4, 0.5) is 18.9 Å². The van der Waals surface area contributed by atoms with Crippen molar-refractivity contribution < 1.29 is 18.0 Å². The van der Waals surface area contributed by atoms with Crippen molar-refractivity contribution in [1.82, 2.24) is 4.90 Å². The minimum absolute atomic E-state index is 0.0900. The number of benzene rings is 1. The largest absolute Gasteiger partial charge is 0.418 e. The van der Waals surface area contributed by atoms with Crippen LogP contribution in [0.5, 0.6) is 0 Å². The molecule has 0 saturated carbocycles. The molecule has 0 spiro atoms. The van der Waals surface area contributed by atoms with Crippen molar-refractivity contribution in [1.29, 1.82) is 0 Å². The molecule has 3 atom stereocenters. The Balaban J connectivity index is 1.95. The summed E-state index contributed by atoms with van der Waals surface area (Å²) in [5, 5.41) is -0.143. The van der Waals surface area contributed by atoms with Gasteiger partial charge in [-0.15, -0.1) is 0 Å². The molecule has 0 aliphatic carbocycles. The third-order valence-corrected chi connectivity index (χ3v) is 7.43. The van der Waals surface area contributed by atoms with Crippen LogP contribution in [-0.2, 0) is 17.4 Å². The van der Waals surface area contributed by atoms with Gasteiger partial charge in [-0.05, 0) is 100 Å². The molecule has 0 amide bonds. The van der Waals surface area contributed by atoms with Crippen LogP contribution in [0.2, 0.25) is 5.02 Å². The van der Waals surface area contributed by atoms with E-state index in [-0.39, 0.29) is 17.2 Å². The van der Waals surface area contributed by atoms with Gasteiger partial charge in [0.15, 0.2) is 5.78 Å². The van der Waals surface area contributed by atoms with E-state index < -0.39 is 23.3 Å². The predicted octanol–water partition coefficient (Wildman–Crippen LogP) is 7.56. The van der Waals surface area contributed by atoms with Crippen molar-refractivity contribution in [3.05, 3.63) is 40.4 Å². The topological polar surface area (TPSA) is 46.3 Å². The van der Waals surface area contributed by atoms with Crippen LogP contribution in [0.3, 0.4) is 0 Å². The number of anilines is 1. The average Bonchev–Trinajstić information content (AvgIpc) is 2.96. The third-order valence-electron chi connectivity index (χ3n) is 7.12. The fraction of sp³-hybridized carbons (Fsp3) is 0.667. The van der Waals surface area contributed by atoms with Gasteiger partial charge >= 0.3 is 6.18 Å². The Labute approximate surface area is 207 Å². The molecule has 1 aliphatic heterocycles. The molecule has 1 aromatic rings. The minimum atomic E-state index is -4.60. The molecule has 0 radical (unpaired) electrons. The molecule has 2 rings (SSSR count). The Bertz CT molecular complexity index is 840. The second kappa shape index (κ2) is 13.0. The zero-order valence-electron chi connectivity index (χ0n) is 20.8. The lowest BCUT2D eigenvalue weighted by molar-refractivity contribution is -0.137. The molecule has 3 nitrogen and oxygen atoms in total. The Morgan fingerprint density at radius 3 is 2.62 bits per heavy atom. The monoisotopic (exact) mass is 500 g/mol. The van der Waals surface area contributed by atoms with Gasteiger partial charge in [0, 0.05) is 5.92 Å². The molecule has 2 unspecified atom stereocenters. The van der Waals surface area contributed by atoms with Crippen LogP contribution >= 0.6 is 11.6 Å². The van der Waals surface area contributed by atoms with Crippen molar-refractivity contribution in [3.63, 3.8) is 0 Å². The molecule has 0 bridgehead atoms. The normalized spacial score (nSPS) is 19.4. The number of likely N-dealkylation sites (tertiary alicyclic amines) is 1. The maximum absolute atomic E-state index is 13.3. The maximum atomic E-state index is 13.3. The van der Waals surface area contributed by atoms with Crippen molar-refractivity contribution in [2.24, 2.45) is 17.8 Å². The molecule has 1 saturated heterocycles. The number of nitrogens with zero attached hydrogens (tertiary/aromatic N) is 1. The maximum Gasteiger partial charge on any atom is 0.418 e. The van der Waals surface area contributed by atoms with Crippen LogP contribution in [0.1, 0.15) is 76.3 Å². The summed E-state index contributed by atoms with van der Waals surface area (Å²) in [6.07, 6.45) is 4.35. The third kappa shape index (κ3) is 8.60. The predicted molar refractivity (Wildman–Crippen MR) is 135 cm³/mol. The van der Waals surface area contributed by atoms with Crippen LogP contribution in [0.15, 0.2) is 24.3 Å². The first kappa shape index (κ1) is 28.7. The molecule has 1 heterocycles. The van der Waals surface area contributed by atoms with E-state index in [1.54, 1.807) is 6.92 Å². The van der Waals surface area contributed by atoms with E-state index in [1.165, 1.54) is 38.3 Å². The van der Waals surface area contributed by atoms with E-state index in [0.29, 0.717) is 23.5 Å². The number of allylic oxidation sites excluding steroid dienone is 1. The second-order valence-electron chi connectivity index (χ2n) is 10.1. The van der Waals surface area contributed by atoms with Crippen molar-refractivity contribution in [2.75, 3.05) is 25.9 Å². The number of Topliss-reactive ketones (excluding diaryl/α,β-unsaturated/α-hetero) is 1. The summed E-state index contributed by atoms with van der Waals surface area (Å²) in [7, 11) is 2.19. The number of halogens is 4. The highest BCUT2D eigenvalue weighted by atomic mass is 35.5. The number of ketones is 1. The van der Waals surface area contributed by atoms with Gasteiger partial charge in [-0.1, -0.05) is 44.9 Å². The van der Waals surface area contributed by atoms with Gasteiger partial charge in [-0.2, -0.15) is 13.2 Å².